The maximum absolute atomic E-state index is 14.2. The van der Waals surface area contributed by atoms with Crippen LogP contribution in [-0.2, 0) is 17.5 Å². The number of likely N-dealkylation sites (tertiary alicyclic amines) is 2. The highest BCUT2D eigenvalue weighted by Crippen LogP contribution is 2.77. The molecule has 0 unspecified atom stereocenters. The molecule has 2 amide bonds. The zero-order valence-electron chi connectivity index (χ0n) is 22.0. The van der Waals surface area contributed by atoms with Crippen molar-refractivity contribution in [3.8, 4) is 0 Å². The van der Waals surface area contributed by atoms with Gasteiger partial charge < -0.3 is 9.80 Å². The van der Waals surface area contributed by atoms with Crippen LogP contribution in [0.4, 0.5) is 9.18 Å². The maximum atomic E-state index is 14.2. The zero-order valence-corrected chi connectivity index (χ0v) is 22.8. The number of nitrogens with zero attached hydrogens (tertiary/aromatic N) is 6. The van der Waals surface area contributed by atoms with Crippen molar-refractivity contribution in [2.75, 3.05) is 26.2 Å². The Hall–Kier alpha value is -2.10. The number of carbonyl (C=O) groups is 1. The lowest BCUT2D eigenvalue weighted by molar-refractivity contribution is -0.208. The molecule has 9 rings (SSSR count). The van der Waals surface area contributed by atoms with Gasteiger partial charge in [-0.15, -0.1) is 21.5 Å². The molecular weight excluding hydrogens is 489 g/mol. The highest BCUT2D eigenvalue weighted by molar-refractivity contribution is 7.11. The molecule has 2 aliphatic heterocycles. The summed E-state index contributed by atoms with van der Waals surface area (Å²) >= 11 is 1.83. The topological polar surface area (TPSA) is 90.9 Å². The van der Waals surface area contributed by atoms with Crippen LogP contribution in [0, 0.1) is 22.2 Å². The van der Waals surface area contributed by atoms with Gasteiger partial charge >= 0.3 is 6.03 Å². The number of carbonyl (C=O) groups excluding carboxylic acids is 1. The first kappa shape index (κ1) is 22.8. The minimum atomic E-state index is -1.28. The standard InChI is InChI=1S/C27H36FN7OS/c1-23(2,3)8-18-30-33-21(37-18)26-11-25(12-26,13-26)17-9-34(10-17)22(36)35-14-24(15-35)6-16(7-24)19-29-20(32-31-19)27(28)4-5-27/h16-17H,4-15H2,1-3H3,(H,29,31,32). The highest BCUT2D eigenvalue weighted by atomic mass is 32.1. The number of aromatic nitrogens is 5. The summed E-state index contributed by atoms with van der Waals surface area (Å²) in [5.74, 6) is 2.14. The van der Waals surface area contributed by atoms with Gasteiger partial charge in [0.15, 0.2) is 11.5 Å². The molecule has 7 aliphatic rings. The van der Waals surface area contributed by atoms with Crippen molar-refractivity contribution in [2.45, 2.75) is 89.1 Å². The van der Waals surface area contributed by atoms with E-state index in [1.807, 2.05) is 16.2 Å². The van der Waals surface area contributed by atoms with E-state index < -0.39 is 5.67 Å². The number of alkyl halides is 1. The van der Waals surface area contributed by atoms with E-state index in [0.717, 1.165) is 51.3 Å². The molecule has 4 heterocycles. The molecule has 37 heavy (non-hydrogen) atoms. The van der Waals surface area contributed by atoms with Crippen LogP contribution in [0.15, 0.2) is 0 Å². The van der Waals surface area contributed by atoms with Crippen molar-refractivity contribution in [1.82, 2.24) is 35.2 Å². The van der Waals surface area contributed by atoms with Crippen LogP contribution >= 0.6 is 11.3 Å². The van der Waals surface area contributed by atoms with Crippen molar-refractivity contribution in [3.63, 3.8) is 0 Å². The Morgan fingerprint density at radius 3 is 2.46 bits per heavy atom. The predicted octanol–water partition coefficient (Wildman–Crippen LogP) is 4.56. The van der Waals surface area contributed by atoms with Gasteiger partial charge in [0.25, 0.3) is 0 Å². The molecule has 5 saturated carbocycles. The number of hydrogen-bond acceptors (Lipinski definition) is 6. The number of halogens is 1. The van der Waals surface area contributed by atoms with Crippen LogP contribution in [-0.4, -0.2) is 67.4 Å². The fourth-order valence-electron chi connectivity index (χ4n) is 8.07. The van der Waals surface area contributed by atoms with Gasteiger partial charge in [0.1, 0.15) is 15.8 Å². The molecule has 7 fully saturated rings. The van der Waals surface area contributed by atoms with Gasteiger partial charge in [-0.1, -0.05) is 20.8 Å². The molecular formula is C27H36FN7OS. The second kappa shape index (κ2) is 6.90. The van der Waals surface area contributed by atoms with E-state index >= 15 is 0 Å². The molecule has 2 bridgehead atoms. The Morgan fingerprint density at radius 1 is 1.11 bits per heavy atom. The van der Waals surface area contributed by atoms with Crippen LogP contribution in [0.5, 0.6) is 0 Å². The predicted molar refractivity (Wildman–Crippen MR) is 136 cm³/mol. The second-order valence-electron chi connectivity index (χ2n) is 14.8. The average molecular weight is 526 g/mol. The molecule has 1 N–H and O–H groups in total. The van der Waals surface area contributed by atoms with E-state index in [4.69, 9.17) is 0 Å². The Bertz CT molecular complexity index is 1250. The lowest BCUT2D eigenvalue weighted by Crippen LogP contribution is -2.74. The minimum Gasteiger partial charge on any atom is -0.324 e. The minimum absolute atomic E-state index is 0.220. The molecule has 0 radical (unpaired) electrons. The third-order valence-corrected chi connectivity index (χ3v) is 11.5. The van der Waals surface area contributed by atoms with Gasteiger partial charge in [0, 0.05) is 49.3 Å². The third kappa shape index (κ3) is 3.32. The Morgan fingerprint density at radius 2 is 1.81 bits per heavy atom. The Labute approximate surface area is 220 Å². The van der Waals surface area contributed by atoms with Crippen LogP contribution in [0.3, 0.4) is 0 Å². The molecule has 2 aromatic heterocycles. The smallest absolute Gasteiger partial charge is 0.320 e. The van der Waals surface area contributed by atoms with E-state index in [0.29, 0.717) is 35.9 Å². The zero-order chi connectivity index (χ0) is 25.4. The number of rotatable bonds is 5. The SMILES string of the molecule is CC(C)(C)Cc1nnc(C23CC(C4CN(C(=O)N5CC6(CC(c7nc(C8(F)CC8)n[nH]7)C6)C5)C4)(C2)C3)s1. The Balaban J connectivity index is 0.796. The molecule has 10 heteroatoms. The number of H-pyrrole nitrogens is 1. The maximum Gasteiger partial charge on any atom is 0.320 e. The number of hydrogen-bond donors (Lipinski definition) is 1. The summed E-state index contributed by atoms with van der Waals surface area (Å²) in [6.45, 7) is 10.3. The summed E-state index contributed by atoms with van der Waals surface area (Å²) in [7, 11) is 0. The monoisotopic (exact) mass is 525 g/mol. The van der Waals surface area contributed by atoms with Crippen molar-refractivity contribution >= 4 is 17.4 Å². The van der Waals surface area contributed by atoms with E-state index in [9.17, 15) is 9.18 Å². The fraction of sp³-hybridized carbons (Fsp3) is 0.815. The number of aromatic amines is 1. The van der Waals surface area contributed by atoms with Gasteiger partial charge in [-0.2, -0.15) is 5.10 Å². The van der Waals surface area contributed by atoms with Crippen molar-refractivity contribution in [1.29, 1.82) is 0 Å². The number of amides is 2. The van der Waals surface area contributed by atoms with E-state index in [2.05, 4.69) is 51.0 Å². The van der Waals surface area contributed by atoms with Crippen molar-refractivity contribution < 1.29 is 9.18 Å². The number of urea groups is 1. The van der Waals surface area contributed by atoms with Crippen LogP contribution < -0.4 is 0 Å². The van der Waals surface area contributed by atoms with E-state index in [1.54, 1.807) is 0 Å². The van der Waals surface area contributed by atoms with E-state index in [-0.39, 0.29) is 22.3 Å². The molecule has 198 valence electrons. The first-order valence-corrected chi connectivity index (χ1v) is 14.8. The van der Waals surface area contributed by atoms with Crippen LogP contribution in [0.1, 0.15) is 93.3 Å². The average Bonchev–Trinajstić information content (AvgIpc) is 3.07. The lowest BCUT2D eigenvalue weighted by atomic mass is 9.31. The fourth-order valence-corrected chi connectivity index (χ4v) is 9.39. The quantitative estimate of drug-likeness (QED) is 0.618. The summed E-state index contributed by atoms with van der Waals surface area (Å²) in [5, 5.41) is 18.6. The third-order valence-electron chi connectivity index (χ3n) is 10.4. The van der Waals surface area contributed by atoms with E-state index in [1.165, 1.54) is 29.3 Å². The summed E-state index contributed by atoms with van der Waals surface area (Å²) in [6.07, 6.45) is 7.80. The Kier molecular flexibility index (Phi) is 4.26. The van der Waals surface area contributed by atoms with Crippen molar-refractivity contribution in [3.05, 3.63) is 21.7 Å². The first-order chi connectivity index (χ1) is 17.5. The lowest BCUT2D eigenvalue weighted by Gasteiger charge is -2.74. The highest BCUT2D eigenvalue weighted by Gasteiger charge is 2.73. The largest absolute Gasteiger partial charge is 0.324 e. The second-order valence-corrected chi connectivity index (χ2v) is 15.8. The number of nitrogens with one attached hydrogen (secondary N) is 1. The van der Waals surface area contributed by atoms with Gasteiger partial charge in [0.05, 0.1) is 0 Å². The summed E-state index contributed by atoms with van der Waals surface area (Å²) in [6, 6.07) is 0.220. The molecule has 8 nitrogen and oxygen atoms in total. The summed E-state index contributed by atoms with van der Waals surface area (Å²) < 4.78 is 14.2. The van der Waals surface area contributed by atoms with Gasteiger partial charge in [-0.25, -0.2) is 14.2 Å². The summed E-state index contributed by atoms with van der Waals surface area (Å²) in [4.78, 5) is 21.6. The molecule has 0 aromatic carbocycles. The van der Waals surface area contributed by atoms with Gasteiger partial charge in [-0.05, 0) is 61.7 Å². The van der Waals surface area contributed by atoms with Crippen LogP contribution in [0.2, 0.25) is 0 Å². The molecule has 2 saturated heterocycles. The molecule has 2 aromatic rings. The first-order valence-electron chi connectivity index (χ1n) is 14.0. The van der Waals surface area contributed by atoms with Gasteiger partial charge in [0.2, 0.25) is 0 Å². The summed E-state index contributed by atoms with van der Waals surface area (Å²) in [5.41, 5.74) is -0.0708. The van der Waals surface area contributed by atoms with Crippen LogP contribution in [0.25, 0.3) is 0 Å². The molecule has 0 atom stereocenters. The van der Waals surface area contributed by atoms with Crippen molar-refractivity contribution in [2.24, 2.45) is 22.2 Å². The van der Waals surface area contributed by atoms with Gasteiger partial charge in [-0.3, -0.25) is 5.10 Å². The normalized spacial score (nSPS) is 33.3. The molecule has 1 spiro atoms. The molecule has 5 aliphatic carbocycles.